The summed E-state index contributed by atoms with van der Waals surface area (Å²) in [6, 6.07) is 20.7. The van der Waals surface area contributed by atoms with Gasteiger partial charge in [0.25, 0.3) is 11.6 Å². The summed E-state index contributed by atoms with van der Waals surface area (Å²) >= 11 is 0. The highest BCUT2D eigenvalue weighted by Gasteiger charge is 2.09. The molecular weight excluding hydrogens is 374 g/mol. The van der Waals surface area contributed by atoms with E-state index in [4.69, 9.17) is 4.74 Å². The third-order valence-electron chi connectivity index (χ3n) is 3.95. The molecule has 0 unspecified atom stereocenters. The molecule has 0 saturated carbocycles. The fraction of sp³-hybridized carbons (Fsp3) is 0.0476. The normalized spacial score (nSPS) is 10.6. The fourth-order valence-corrected chi connectivity index (χ4v) is 2.49. The van der Waals surface area contributed by atoms with Crippen molar-refractivity contribution in [3.63, 3.8) is 0 Å². The lowest BCUT2D eigenvalue weighted by atomic mass is 10.1. The number of nitrogens with zero attached hydrogens (tertiary/aromatic N) is 2. The molecule has 0 radical (unpaired) electrons. The van der Waals surface area contributed by atoms with Gasteiger partial charge in [0.1, 0.15) is 11.5 Å². The summed E-state index contributed by atoms with van der Waals surface area (Å²) in [6.07, 6.45) is 1.12. The number of benzene rings is 3. The van der Waals surface area contributed by atoms with Crippen molar-refractivity contribution >= 4 is 17.8 Å². The molecule has 29 heavy (non-hydrogen) atoms. The Labute approximate surface area is 166 Å². The quantitative estimate of drug-likeness (QED) is 0.363. The van der Waals surface area contributed by atoms with E-state index in [-0.39, 0.29) is 23.6 Å². The first-order chi connectivity index (χ1) is 14.0. The summed E-state index contributed by atoms with van der Waals surface area (Å²) in [5, 5.41) is 24.1. The Morgan fingerprint density at radius 2 is 1.76 bits per heavy atom. The summed E-state index contributed by atoms with van der Waals surface area (Å²) in [4.78, 5) is 22.0. The maximum absolute atomic E-state index is 11.8. The van der Waals surface area contributed by atoms with Crippen LogP contribution < -0.4 is 10.2 Å². The molecular formula is C21H17N3O5. The summed E-state index contributed by atoms with van der Waals surface area (Å²) in [7, 11) is 0. The van der Waals surface area contributed by atoms with Gasteiger partial charge < -0.3 is 9.84 Å². The van der Waals surface area contributed by atoms with Crippen molar-refractivity contribution in [2.75, 3.05) is 6.61 Å². The van der Waals surface area contributed by atoms with Crippen molar-refractivity contribution in [2.45, 2.75) is 0 Å². The van der Waals surface area contributed by atoms with E-state index in [2.05, 4.69) is 10.5 Å². The van der Waals surface area contributed by atoms with E-state index in [1.807, 2.05) is 42.5 Å². The summed E-state index contributed by atoms with van der Waals surface area (Å²) in [5.41, 5.74) is 4.26. The molecule has 3 aromatic rings. The monoisotopic (exact) mass is 391 g/mol. The van der Waals surface area contributed by atoms with E-state index in [9.17, 15) is 20.0 Å². The number of hydrogen-bond donors (Lipinski definition) is 2. The Balaban J connectivity index is 1.52. The minimum atomic E-state index is -0.591. The van der Waals surface area contributed by atoms with Crippen LogP contribution in [-0.2, 0) is 4.79 Å². The molecule has 0 bridgehead atoms. The third-order valence-corrected chi connectivity index (χ3v) is 3.95. The van der Waals surface area contributed by atoms with Gasteiger partial charge in [0.15, 0.2) is 6.61 Å². The van der Waals surface area contributed by atoms with Crippen LogP contribution in [0.2, 0.25) is 0 Å². The van der Waals surface area contributed by atoms with Crippen molar-refractivity contribution < 1.29 is 19.6 Å². The number of nitro benzene ring substituents is 1. The number of rotatable bonds is 7. The summed E-state index contributed by atoms with van der Waals surface area (Å²) < 4.78 is 5.41. The van der Waals surface area contributed by atoms with Gasteiger partial charge in [-0.05, 0) is 29.3 Å². The van der Waals surface area contributed by atoms with Crippen molar-refractivity contribution in [1.29, 1.82) is 0 Å². The van der Waals surface area contributed by atoms with Gasteiger partial charge in [-0.2, -0.15) is 5.10 Å². The number of aromatic hydroxyl groups is 1. The molecule has 0 spiro atoms. The highest BCUT2D eigenvalue weighted by atomic mass is 16.6. The number of phenols is 1. The standard InChI is InChI=1S/C21H17N3O5/c25-20-11-8-18(24(27)28)12-17(20)13-22-23-21(26)14-29-19-9-6-16(7-10-19)15-4-2-1-3-5-15/h1-13,25H,14H2,(H,23,26)/b22-13-. The van der Waals surface area contributed by atoms with Crippen LogP contribution in [0.4, 0.5) is 5.69 Å². The molecule has 0 aromatic heterocycles. The predicted molar refractivity (Wildman–Crippen MR) is 108 cm³/mol. The third kappa shape index (κ3) is 5.39. The molecule has 1 amide bonds. The van der Waals surface area contributed by atoms with Gasteiger partial charge in [0.2, 0.25) is 0 Å². The maximum atomic E-state index is 11.8. The Morgan fingerprint density at radius 3 is 2.45 bits per heavy atom. The van der Waals surface area contributed by atoms with Crippen LogP contribution in [-0.4, -0.2) is 28.8 Å². The molecule has 0 atom stereocenters. The van der Waals surface area contributed by atoms with Gasteiger partial charge in [0.05, 0.1) is 11.1 Å². The molecule has 0 heterocycles. The van der Waals surface area contributed by atoms with Crippen LogP contribution in [0, 0.1) is 10.1 Å². The van der Waals surface area contributed by atoms with Crippen molar-refractivity contribution in [3.05, 3.63) is 88.5 Å². The molecule has 0 fully saturated rings. The van der Waals surface area contributed by atoms with Gasteiger partial charge in [-0.15, -0.1) is 0 Å². The van der Waals surface area contributed by atoms with Crippen LogP contribution >= 0.6 is 0 Å². The SMILES string of the molecule is O=C(COc1ccc(-c2ccccc2)cc1)N/N=C\c1cc([N+](=O)[O-])ccc1O. The van der Waals surface area contributed by atoms with E-state index in [0.29, 0.717) is 5.75 Å². The number of hydrazone groups is 1. The Morgan fingerprint density at radius 1 is 1.07 bits per heavy atom. The number of nitrogens with one attached hydrogen (secondary N) is 1. The number of carbonyl (C=O) groups excluding carboxylic acids is 1. The second-order valence-electron chi connectivity index (χ2n) is 5.97. The van der Waals surface area contributed by atoms with Gasteiger partial charge in [0, 0.05) is 17.7 Å². The van der Waals surface area contributed by atoms with Gasteiger partial charge in [-0.1, -0.05) is 42.5 Å². The van der Waals surface area contributed by atoms with Gasteiger partial charge in [-0.25, -0.2) is 5.43 Å². The molecule has 8 heteroatoms. The van der Waals surface area contributed by atoms with Crippen LogP contribution in [0.25, 0.3) is 11.1 Å². The van der Waals surface area contributed by atoms with E-state index in [0.717, 1.165) is 23.4 Å². The van der Waals surface area contributed by atoms with Crippen molar-refractivity contribution in [2.24, 2.45) is 5.10 Å². The average molecular weight is 391 g/mol. The predicted octanol–water partition coefficient (Wildman–Crippen LogP) is 3.50. The highest BCUT2D eigenvalue weighted by molar-refractivity contribution is 5.86. The minimum Gasteiger partial charge on any atom is -0.507 e. The van der Waals surface area contributed by atoms with Crippen molar-refractivity contribution in [1.82, 2.24) is 5.43 Å². The molecule has 0 aliphatic carbocycles. The summed E-state index contributed by atoms with van der Waals surface area (Å²) in [5.74, 6) is -0.179. The zero-order valence-corrected chi connectivity index (χ0v) is 15.2. The van der Waals surface area contributed by atoms with Crippen LogP contribution in [0.5, 0.6) is 11.5 Å². The number of ether oxygens (including phenoxy) is 1. The number of amides is 1. The van der Waals surface area contributed by atoms with Crippen LogP contribution in [0.3, 0.4) is 0 Å². The van der Waals surface area contributed by atoms with Crippen LogP contribution in [0.1, 0.15) is 5.56 Å². The zero-order valence-electron chi connectivity index (χ0n) is 15.2. The van der Waals surface area contributed by atoms with Gasteiger partial charge in [-0.3, -0.25) is 14.9 Å². The minimum absolute atomic E-state index is 0.108. The van der Waals surface area contributed by atoms with E-state index in [1.54, 1.807) is 12.1 Å². The second kappa shape index (κ2) is 9.14. The maximum Gasteiger partial charge on any atom is 0.277 e. The van der Waals surface area contributed by atoms with Crippen molar-refractivity contribution in [3.8, 4) is 22.6 Å². The molecule has 8 nitrogen and oxygen atoms in total. The van der Waals surface area contributed by atoms with E-state index >= 15 is 0 Å². The lowest BCUT2D eigenvalue weighted by Crippen LogP contribution is -2.24. The molecule has 3 aromatic carbocycles. The first-order valence-electron chi connectivity index (χ1n) is 8.60. The Hall–Kier alpha value is -4.20. The lowest BCUT2D eigenvalue weighted by molar-refractivity contribution is -0.384. The second-order valence-corrected chi connectivity index (χ2v) is 5.97. The largest absolute Gasteiger partial charge is 0.507 e. The smallest absolute Gasteiger partial charge is 0.277 e. The molecule has 2 N–H and O–H groups in total. The molecule has 3 rings (SSSR count). The first kappa shape index (κ1) is 19.6. The molecule has 0 aliphatic heterocycles. The number of hydrogen-bond acceptors (Lipinski definition) is 6. The highest BCUT2D eigenvalue weighted by Crippen LogP contribution is 2.22. The summed E-state index contributed by atoms with van der Waals surface area (Å²) in [6.45, 7) is -0.261. The topological polar surface area (TPSA) is 114 Å². The number of phenolic OH excluding ortho intramolecular Hbond substituents is 1. The Kier molecular flexibility index (Phi) is 6.16. The Bertz CT molecular complexity index is 1030. The number of non-ortho nitro benzene ring substituents is 1. The average Bonchev–Trinajstić information content (AvgIpc) is 2.74. The van der Waals surface area contributed by atoms with E-state index in [1.165, 1.54) is 12.1 Å². The molecule has 0 aliphatic rings. The van der Waals surface area contributed by atoms with Crippen LogP contribution in [0.15, 0.2) is 77.9 Å². The first-order valence-corrected chi connectivity index (χ1v) is 8.60. The number of nitro groups is 1. The molecule has 0 saturated heterocycles. The zero-order chi connectivity index (χ0) is 20.6. The fourth-order valence-electron chi connectivity index (χ4n) is 2.49. The lowest BCUT2D eigenvalue weighted by Gasteiger charge is -2.06. The number of carbonyl (C=O) groups is 1. The van der Waals surface area contributed by atoms with Gasteiger partial charge >= 0.3 is 0 Å². The molecule has 146 valence electrons. The van der Waals surface area contributed by atoms with E-state index < -0.39 is 10.8 Å².